The maximum Gasteiger partial charge on any atom is 0.356 e. The number of hydrogen-bond donors (Lipinski definition) is 3. The number of carbonyl (C=O) groups is 2. The molecule has 0 aliphatic heterocycles. The van der Waals surface area contributed by atoms with Crippen molar-refractivity contribution in [1.82, 2.24) is 14.5 Å². The molecule has 170 valence electrons. The molecule has 0 saturated carbocycles. The number of nitrogens with zero attached hydrogens (tertiary/aromatic N) is 3. The molecule has 32 heavy (non-hydrogen) atoms. The highest BCUT2D eigenvalue weighted by Crippen LogP contribution is 2.27. The van der Waals surface area contributed by atoms with Crippen molar-refractivity contribution in [2.75, 3.05) is 17.2 Å². The zero-order valence-electron chi connectivity index (χ0n) is 18.5. The molecule has 2 aromatic heterocycles. The van der Waals surface area contributed by atoms with E-state index in [9.17, 15) is 9.59 Å². The van der Waals surface area contributed by atoms with Crippen LogP contribution in [-0.2, 0) is 19.9 Å². The fourth-order valence-electron chi connectivity index (χ4n) is 2.92. The zero-order chi connectivity index (χ0) is 23.3. The van der Waals surface area contributed by atoms with E-state index in [2.05, 4.69) is 34.4 Å². The molecule has 3 rings (SSSR count). The molecule has 0 unspecified atom stereocenters. The number of ether oxygens (including phenoxy) is 1. The van der Waals surface area contributed by atoms with Crippen LogP contribution < -0.4 is 15.4 Å². The maximum absolute atomic E-state index is 12.5. The normalized spacial score (nSPS) is 10.9. The number of carboxylic acids is 1. The topological polar surface area (TPSA) is 118 Å². The number of benzene rings is 1. The first-order valence-corrected chi connectivity index (χ1v) is 11.0. The third kappa shape index (κ3) is 6.30. The molecular weight excluding hydrogens is 430 g/mol. The summed E-state index contributed by atoms with van der Waals surface area (Å²) in [5.74, 6) is 0.627. The fourth-order valence-corrected chi connectivity index (χ4v) is 3.72. The van der Waals surface area contributed by atoms with E-state index in [1.165, 1.54) is 17.5 Å². The highest BCUT2D eigenvalue weighted by Gasteiger charge is 2.14. The molecular formula is C22H27N5O4S. The summed E-state index contributed by atoms with van der Waals surface area (Å²) in [6, 6.07) is 5.22. The zero-order valence-corrected chi connectivity index (χ0v) is 19.3. The van der Waals surface area contributed by atoms with Gasteiger partial charge in [0.2, 0.25) is 0 Å². The number of hydrogen-bond acceptors (Lipinski definition) is 6. The average Bonchev–Trinajstić information content (AvgIpc) is 3.32. The molecule has 3 N–H and O–H groups in total. The Morgan fingerprint density at radius 1 is 1.25 bits per heavy atom. The van der Waals surface area contributed by atoms with Crippen LogP contribution in [-0.4, -0.2) is 38.2 Å². The van der Waals surface area contributed by atoms with Gasteiger partial charge in [0.15, 0.2) is 10.8 Å². The van der Waals surface area contributed by atoms with Gasteiger partial charge in [-0.2, -0.15) is 0 Å². The summed E-state index contributed by atoms with van der Waals surface area (Å²) in [5, 5.41) is 15.1. The van der Waals surface area contributed by atoms with E-state index in [0.717, 1.165) is 10.4 Å². The van der Waals surface area contributed by atoms with Crippen LogP contribution in [0.1, 0.15) is 40.6 Å². The van der Waals surface area contributed by atoms with Gasteiger partial charge in [0, 0.05) is 30.7 Å². The second-order valence-electron chi connectivity index (χ2n) is 7.87. The highest BCUT2D eigenvalue weighted by molar-refractivity contribution is 7.15. The predicted molar refractivity (Wildman–Crippen MR) is 124 cm³/mol. The Labute approximate surface area is 190 Å². The minimum absolute atomic E-state index is 0.0266. The SMILES string of the molecule is Cc1ccc(NC(=O)Nc2ncc(CCc3nc(C(=O)O)cn3C)s2)c(OCC(C)C)c1. The van der Waals surface area contributed by atoms with Gasteiger partial charge in [-0.15, -0.1) is 11.3 Å². The number of aromatic nitrogens is 3. The van der Waals surface area contributed by atoms with Crippen LogP contribution in [0.4, 0.5) is 15.6 Å². The Morgan fingerprint density at radius 3 is 2.72 bits per heavy atom. The van der Waals surface area contributed by atoms with Crippen LogP contribution >= 0.6 is 11.3 Å². The van der Waals surface area contributed by atoms with Crippen LogP contribution in [0.3, 0.4) is 0 Å². The van der Waals surface area contributed by atoms with Crippen molar-refractivity contribution in [2.45, 2.75) is 33.6 Å². The van der Waals surface area contributed by atoms with E-state index in [4.69, 9.17) is 9.84 Å². The number of aromatic carboxylic acids is 1. The predicted octanol–water partition coefficient (Wildman–Crippen LogP) is 4.35. The van der Waals surface area contributed by atoms with Gasteiger partial charge in [0.25, 0.3) is 0 Å². The standard InChI is InChI=1S/C22H27N5O4S/c1-13(2)12-31-18-9-14(3)5-7-16(18)25-21(30)26-22-23-10-15(32-22)6-8-19-24-17(20(28)29)11-27(19)4/h5,7,9-11,13H,6,8,12H2,1-4H3,(H,28,29)(H2,23,25,26,30). The minimum atomic E-state index is -1.05. The van der Waals surface area contributed by atoms with E-state index >= 15 is 0 Å². The second kappa shape index (κ2) is 10.3. The maximum atomic E-state index is 12.5. The molecule has 9 nitrogen and oxygen atoms in total. The smallest absolute Gasteiger partial charge is 0.356 e. The number of carbonyl (C=O) groups excluding carboxylic acids is 1. The molecule has 2 heterocycles. The van der Waals surface area contributed by atoms with Gasteiger partial charge in [-0.1, -0.05) is 19.9 Å². The Morgan fingerprint density at radius 2 is 2.03 bits per heavy atom. The molecule has 10 heteroatoms. The lowest BCUT2D eigenvalue weighted by atomic mass is 10.2. The largest absolute Gasteiger partial charge is 0.491 e. The molecule has 0 atom stereocenters. The van der Waals surface area contributed by atoms with Crippen LogP contribution in [0, 0.1) is 12.8 Å². The van der Waals surface area contributed by atoms with E-state index < -0.39 is 12.0 Å². The van der Waals surface area contributed by atoms with E-state index in [0.29, 0.717) is 47.8 Å². The van der Waals surface area contributed by atoms with Gasteiger partial charge in [-0.3, -0.25) is 5.32 Å². The lowest BCUT2D eigenvalue weighted by molar-refractivity contribution is 0.0690. The number of nitrogens with one attached hydrogen (secondary N) is 2. The number of rotatable bonds is 9. The molecule has 2 amide bonds. The first-order valence-electron chi connectivity index (χ1n) is 10.2. The number of urea groups is 1. The molecule has 0 saturated heterocycles. The van der Waals surface area contributed by atoms with Crippen molar-refractivity contribution in [3.63, 3.8) is 0 Å². The van der Waals surface area contributed by atoms with Gasteiger partial charge in [0.1, 0.15) is 11.6 Å². The molecule has 3 aromatic rings. The summed E-state index contributed by atoms with van der Waals surface area (Å²) in [4.78, 5) is 32.9. The first-order chi connectivity index (χ1) is 15.2. The number of anilines is 2. The molecule has 0 spiro atoms. The lowest BCUT2D eigenvalue weighted by Gasteiger charge is -2.14. The van der Waals surface area contributed by atoms with E-state index in [-0.39, 0.29) is 5.69 Å². The van der Waals surface area contributed by atoms with Crippen LogP contribution in [0.5, 0.6) is 5.75 Å². The number of carboxylic acid groups (broad SMARTS) is 1. The van der Waals surface area contributed by atoms with Crippen molar-refractivity contribution >= 4 is 34.2 Å². The van der Waals surface area contributed by atoms with Crippen molar-refractivity contribution in [3.05, 3.63) is 52.6 Å². The summed E-state index contributed by atoms with van der Waals surface area (Å²) in [7, 11) is 1.77. The van der Waals surface area contributed by atoms with Crippen molar-refractivity contribution in [3.8, 4) is 5.75 Å². The average molecular weight is 458 g/mol. The number of aryl methyl sites for hydroxylation is 4. The van der Waals surface area contributed by atoms with Crippen molar-refractivity contribution in [1.29, 1.82) is 0 Å². The van der Waals surface area contributed by atoms with Gasteiger partial charge in [-0.25, -0.2) is 19.6 Å². The first kappa shape index (κ1) is 23.3. The summed E-state index contributed by atoms with van der Waals surface area (Å²) in [6.07, 6.45) is 4.39. The van der Waals surface area contributed by atoms with Crippen molar-refractivity contribution in [2.24, 2.45) is 13.0 Å². The summed E-state index contributed by atoms with van der Waals surface area (Å²) < 4.78 is 7.54. The molecule has 0 radical (unpaired) electrons. The van der Waals surface area contributed by atoms with Crippen LogP contribution in [0.2, 0.25) is 0 Å². The molecule has 0 fully saturated rings. The quantitative estimate of drug-likeness (QED) is 0.440. The Bertz CT molecular complexity index is 1110. The molecule has 1 aromatic carbocycles. The molecule has 0 aliphatic rings. The highest BCUT2D eigenvalue weighted by atomic mass is 32.1. The Hall–Kier alpha value is -3.40. The van der Waals surface area contributed by atoms with Crippen LogP contribution in [0.25, 0.3) is 0 Å². The fraction of sp³-hybridized carbons (Fsp3) is 0.364. The summed E-state index contributed by atoms with van der Waals surface area (Å²) in [5.41, 5.74) is 1.66. The number of imidazole rings is 1. The van der Waals surface area contributed by atoms with Crippen molar-refractivity contribution < 1.29 is 19.4 Å². The van der Waals surface area contributed by atoms with Crippen LogP contribution in [0.15, 0.2) is 30.6 Å². The van der Waals surface area contributed by atoms with Gasteiger partial charge in [0.05, 0.1) is 12.3 Å². The molecule has 0 aliphatic carbocycles. The second-order valence-corrected chi connectivity index (χ2v) is 8.99. The third-order valence-electron chi connectivity index (χ3n) is 4.52. The van der Waals surface area contributed by atoms with Gasteiger partial charge in [-0.05, 0) is 37.0 Å². The van der Waals surface area contributed by atoms with E-state index in [1.54, 1.807) is 17.8 Å². The number of amides is 2. The Kier molecular flexibility index (Phi) is 7.47. The summed E-state index contributed by atoms with van der Waals surface area (Å²) >= 11 is 1.36. The van der Waals surface area contributed by atoms with Gasteiger partial charge < -0.3 is 19.7 Å². The summed E-state index contributed by atoms with van der Waals surface area (Å²) in [6.45, 7) is 6.65. The number of thiazole rings is 1. The van der Waals surface area contributed by atoms with Gasteiger partial charge >= 0.3 is 12.0 Å². The lowest BCUT2D eigenvalue weighted by Crippen LogP contribution is -2.20. The monoisotopic (exact) mass is 457 g/mol. The molecule has 0 bridgehead atoms. The van der Waals surface area contributed by atoms with E-state index in [1.807, 2.05) is 25.1 Å². The Balaban J connectivity index is 1.57. The minimum Gasteiger partial charge on any atom is -0.491 e. The third-order valence-corrected chi connectivity index (χ3v) is 5.49.